The fourth-order valence-electron chi connectivity index (χ4n) is 2.61. The van der Waals surface area contributed by atoms with Crippen molar-refractivity contribution in [1.82, 2.24) is 14.9 Å². The van der Waals surface area contributed by atoms with E-state index in [1.165, 1.54) is 19.2 Å². The van der Waals surface area contributed by atoms with Gasteiger partial charge in [-0.15, -0.1) is 24.0 Å². The topological polar surface area (TPSA) is 73.8 Å². The Morgan fingerprint density at radius 3 is 2.44 bits per heavy atom. The van der Waals surface area contributed by atoms with Gasteiger partial charge in [0, 0.05) is 32.7 Å². The van der Waals surface area contributed by atoms with Crippen LogP contribution in [-0.2, 0) is 16.6 Å². The number of sulfonamides is 1. The number of guanidine groups is 1. The summed E-state index contributed by atoms with van der Waals surface area (Å²) >= 11 is 0. The van der Waals surface area contributed by atoms with E-state index < -0.39 is 15.5 Å². The summed E-state index contributed by atoms with van der Waals surface area (Å²) < 4.78 is 74.1. The Morgan fingerprint density at radius 1 is 1.30 bits per heavy atom. The molecule has 2 rings (SSSR count). The summed E-state index contributed by atoms with van der Waals surface area (Å²) in [5.41, 5.74) is -4.57. The Bertz CT molecular complexity index is 750. The summed E-state index contributed by atoms with van der Waals surface area (Å²) in [6.07, 6.45) is 0.436. The van der Waals surface area contributed by atoms with E-state index in [1.54, 1.807) is 12.1 Å². The molecule has 27 heavy (non-hydrogen) atoms. The molecule has 0 bridgehead atoms. The molecule has 6 nitrogen and oxygen atoms in total. The Balaban J connectivity index is 0.00000364. The van der Waals surface area contributed by atoms with Crippen LogP contribution < -0.4 is 10.6 Å². The van der Waals surface area contributed by atoms with Crippen LogP contribution in [0, 0.1) is 5.82 Å². The number of piperidine rings is 1. The van der Waals surface area contributed by atoms with Gasteiger partial charge in [-0.1, -0.05) is 12.1 Å². The van der Waals surface area contributed by atoms with Gasteiger partial charge in [0.1, 0.15) is 5.82 Å². The van der Waals surface area contributed by atoms with Crippen molar-refractivity contribution < 1.29 is 26.0 Å². The molecule has 0 saturated carbocycles. The first kappa shape index (κ1) is 23.9. The molecule has 0 aliphatic carbocycles. The van der Waals surface area contributed by atoms with Crippen LogP contribution in [0.25, 0.3) is 0 Å². The largest absolute Gasteiger partial charge is 0.511 e. The lowest BCUT2D eigenvalue weighted by atomic mass is 10.1. The smallest absolute Gasteiger partial charge is 0.354 e. The van der Waals surface area contributed by atoms with Crippen LogP contribution in [0.5, 0.6) is 0 Å². The standard InChI is InChI=1S/C15H20F4N4O2S.HI/c1-20-14(21-10-11-3-2-4-12(16)9-11)22-13-5-7-23(8-6-13)26(24,25)15(17,18)19;/h2-4,9,13H,5-8,10H2,1H3,(H2,20,21,22);1H. The lowest BCUT2D eigenvalue weighted by molar-refractivity contribution is -0.0494. The van der Waals surface area contributed by atoms with E-state index in [1.807, 2.05) is 0 Å². The number of hydrogen-bond acceptors (Lipinski definition) is 3. The third kappa shape index (κ3) is 6.45. The molecular formula is C15H21F4IN4O2S. The van der Waals surface area contributed by atoms with Gasteiger partial charge in [0.15, 0.2) is 5.96 Å². The summed E-state index contributed by atoms with van der Waals surface area (Å²) in [4.78, 5) is 4.02. The molecule has 1 aromatic carbocycles. The first-order chi connectivity index (χ1) is 12.1. The molecule has 1 aliphatic heterocycles. The lowest BCUT2D eigenvalue weighted by Gasteiger charge is -2.32. The van der Waals surface area contributed by atoms with Gasteiger partial charge < -0.3 is 10.6 Å². The number of aliphatic imine (C=N–C) groups is 1. The van der Waals surface area contributed by atoms with Gasteiger partial charge >= 0.3 is 15.5 Å². The molecular weight excluding hydrogens is 503 g/mol. The minimum Gasteiger partial charge on any atom is -0.354 e. The normalized spacial score (nSPS) is 17.3. The summed E-state index contributed by atoms with van der Waals surface area (Å²) in [7, 11) is -3.75. The number of alkyl halides is 3. The molecule has 0 radical (unpaired) electrons. The van der Waals surface area contributed by atoms with E-state index in [0.29, 0.717) is 22.4 Å². The second kappa shape index (κ2) is 9.87. The molecule has 1 heterocycles. The highest BCUT2D eigenvalue weighted by Crippen LogP contribution is 2.28. The van der Waals surface area contributed by atoms with Crippen LogP contribution in [0.1, 0.15) is 18.4 Å². The highest BCUT2D eigenvalue weighted by Gasteiger charge is 2.50. The summed E-state index contributed by atoms with van der Waals surface area (Å²) in [5, 5.41) is 6.03. The van der Waals surface area contributed by atoms with E-state index in [0.717, 1.165) is 0 Å². The molecule has 1 fully saturated rings. The molecule has 1 saturated heterocycles. The monoisotopic (exact) mass is 524 g/mol. The van der Waals surface area contributed by atoms with Crippen LogP contribution in [0.3, 0.4) is 0 Å². The molecule has 12 heteroatoms. The van der Waals surface area contributed by atoms with Gasteiger partial charge in [0.25, 0.3) is 0 Å². The number of nitrogens with one attached hydrogen (secondary N) is 2. The van der Waals surface area contributed by atoms with Crippen molar-refractivity contribution in [2.75, 3.05) is 20.1 Å². The first-order valence-corrected chi connectivity index (χ1v) is 9.35. The Kier molecular flexibility index (Phi) is 8.73. The van der Waals surface area contributed by atoms with Gasteiger partial charge in [-0.2, -0.15) is 17.5 Å². The maximum absolute atomic E-state index is 13.2. The number of hydrogen-bond donors (Lipinski definition) is 2. The van der Waals surface area contributed by atoms with Crippen molar-refractivity contribution >= 4 is 40.0 Å². The van der Waals surface area contributed by atoms with E-state index >= 15 is 0 Å². The molecule has 2 N–H and O–H groups in total. The SMILES string of the molecule is CN=C(NCc1cccc(F)c1)NC1CCN(S(=O)(=O)C(F)(F)F)CC1.I. The molecule has 0 spiro atoms. The van der Waals surface area contributed by atoms with Gasteiger partial charge in [0.05, 0.1) is 0 Å². The Morgan fingerprint density at radius 2 is 1.93 bits per heavy atom. The molecule has 0 aromatic heterocycles. The fourth-order valence-corrected chi connectivity index (χ4v) is 3.59. The third-order valence-corrected chi connectivity index (χ3v) is 5.63. The quantitative estimate of drug-likeness (QED) is 0.275. The zero-order chi connectivity index (χ0) is 19.4. The highest BCUT2D eigenvalue weighted by atomic mass is 127. The number of benzene rings is 1. The van der Waals surface area contributed by atoms with Crippen molar-refractivity contribution in [3.05, 3.63) is 35.6 Å². The van der Waals surface area contributed by atoms with E-state index in [9.17, 15) is 26.0 Å². The van der Waals surface area contributed by atoms with Gasteiger partial charge in [0.2, 0.25) is 0 Å². The minimum atomic E-state index is -5.28. The number of rotatable bonds is 4. The van der Waals surface area contributed by atoms with Gasteiger partial charge in [-0.25, -0.2) is 12.8 Å². The van der Waals surface area contributed by atoms with Crippen molar-refractivity contribution in [2.24, 2.45) is 4.99 Å². The van der Waals surface area contributed by atoms with E-state index in [2.05, 4.69) is 15.6 Å². The second-order valence-electron chi connectivity index (χ2n) is 5.82. The predicted octanol–water partition coefficient (Wildman–Crippen LogP) is 2.42. The van der Waals surface area contributed by atoms with Crippen LogP contribution in [0.2, 0.25) is 0 Å². The highest BCUT2D eigenvalue weighted by molar-refractivity contribution is 14.0. The molecule has 154 valence electrons. The molecule has 1 aliphatic rings. The molecule has 0 atom stereocenters. The lowest BCUT2D eigenvalue weighted by Crippen LogP contribution is -2.51. The molecule has 0 amide bonds. The Hall–Kier alpha value is -1.15. The summed E-state index contributed by atoms with van der Waals surface area (Å²) in [6.45, 7) is -0.125. The van der Waals surface area contributed by atoms with Crippen LogP contribution in [-0.4, -0.2) is 50.4 Å². The first-order valence-electron chi connectivity index (χ1n) is 7.91. The summed E-state index contributed by atoms with van der Waals surface area (Å²) in [6, 6.07) is 5.82. The number of nitrogens with zero attached hydrogens (tertiary/aromatic N) is 2. The van der Waals surface area contributed by atoms with Gasteiger partial charge in [-0.3, -0.25) is 4.99 Å². The summed E-state index contributed by atoms with van der Waals surface area (Å²) in [5.74, 6) is 0.0527. The maximum atomic E-state index is 13.2. The molecule has 0 unspecified atom stereocenters. The van der Waals surface area contributed by atoms with Crippen LogP contribution >= 0.6 is 24.0 Å². The van der Waals surface area contributed by atoms with Gasteiger partial charge in [-0.05, 0) is 30.5 Å². The third-order valence-electron chi connectivity index (χ3n) is 4.00. The van der Waals surface area contributed by atoms with Crippen molar-refractivity contribution in [1.29, 1.82) is 0 Å². The minimum absolute atomic E-state index is 0. The van der Waals surface area contributed by atoms with Crippen molar-refractivity contribution in [2.45, 2.75) is 30.9 Å². The van der Waals surface area contributed by atoms with E-state index in [4.69, 9.17) is 0 Å². The maximum Gasteiger partial charge on any atom is 0.511 e. The second-order valence-corrected chi connectivity index (χ2v) is 7.75. The van der Waals surface area contributed by atoms with Crippen LogP contribution in [0.15, 0.2) is 29.3 Å². The zero-order valence-corrected chi connectivity index (χ0v) is 17.6. The predicted molar refractivity (Wildman–Crippen MR) is 105 cm³/mol. The average Bonchev–Trinajstić information content (AvgIpc) is 2.58. The number of halogens is 5. The average molecular weight is 524 g/mol. The van der Waals surface area contributed by atoms with E-state index in [-0.39, 0.29) is 61.8 Å². The molecule has 1 aromatic rings. The zero-order valence-electron chi connectivity index (χ0n) is 14.5. The van der Waals surface area contributed by atoms with Crippen molar-refractivity contribution in [3.63, 3.8) is 0 Å². The fraction of sp³-hybridized carbons (Fsp3) is 0.533. The Labute approximate surface area is 172 Å². The van der Waals surface area contributed by atoms with Crippen molar-refractivity contribution in [3.8, 4) is 0 Å². The van der Waals surface area contributed by atoms with Crippen LogP contribution in [0.4, 0.5) is 17.6 Å².